The van der Waals surface area contributed by atoms with Gasteiger partial charge in [0.15, 0.2) is 0 Å². The minimum absolute atomic E-state index is 0.718. The van der Waals surface area contributed by atoms with Crippen LogP contribution in [0.4, 0.5) is 0 Å². The van der Waals surface area contributed by atoms with Gasteiger partial charge in [0.05, 0.1) is 0 Å². The summed E-state index contributed by atoms with van der Waals surface area (Å²) in [6, 6.07) is 46.3. The third-order valence-corrected chi connectivity index (χ3v) is 12.1. The molecule has 0 bridgehead atoms. The van der Waals surface area contributed by atoms with E-state index in [0.29, 0.717) is 0 Å². The van der Waals surface area contributed by atoms with E-state index in [1.54, 1.807) is 0 Å². The predicted octanol–water partition coefficient (Wildman–Crippen LogP) is 2.97. The molecule has 5 aromatic rings. The van der Waals surface area contributed by atoms with E-state index in [-0.39, 0.29) is 0 Å². The number of hydrogen-bond acceptors (Lipinski definition) is 2. The van der Waals surface area contributed by atoms with Crippen LogP contribution in [0.2, 0.25) is 0 Å². The summed E-state index contributed by atoms with van der Waals surface area (Å²) < 4.78 is 0. The van der Waals surface area contributed by atoms with Gasteiger partial charge in [0.25, 0.3) is 0 Å². The first-order valence-electron chi connectivity index (χ1n) is 12.4. The lowest BCUT2D eigenvalue weighted by Crippen LogP contribution is -2.58. The number of benzene rings is 5. The second-order valence-electron chi connectivity index (χ2n) is 8.93. The van der Waals surface area contributed by atoms with E-state index in [9.17, 15) is 9.59 Å². The van der Waals surface area contributed by atoms with Gasteiger partial charge in [-0.1, -0.05) is 156 Å². The second-order valence-corrected chi connectivity index (χ2v) is 14.6. The molecule has 0 radical (unpaired) electrons. The maximum absolute atomic E-state index is 12.0. The quantitative estimate of drug-likeness (QED) is 0.282. The highest BCUT2D eigenvalue weighted by atomic mass is 28.4. The Labute approximate surface area is 226 Å². The fraction of sp³-hybridized carbons (Fsp3) is 0. The van der Waals surface area contributed by atoms with E-state index in [2.05, 4.69) is 22.9 Å². The lowest BCUT2D eigenvalue weighted by molar-refractivity contribution is 0.584. The highest BCUT2D eigenvalue weighted by Gasteiger charge is 2.35. The van der Waals surface area contributed by atoms with Gasteiger partial charge in [-0.25, -0.2) is 0 Å². The summed E-state index contributed by atoms with van der Waals surface area (Å²) in [4.78, 5) is 23.9. The Balaban J connectivity index is 1.60. The third-order valence-electron chi connectivity index (χ3n) is 6.45. The Kier molecular flexibility index (Phi) is 7.51. The van der Waals surface area contributed by atoms with Crippen molar-refractivity contribution >= 4 is 37.4 Å². The maximum Gasteiger partial charge on any atom is 0.335 e. The molecule has 2 N–H and O–H groups in total. The van der Waals surface area contributed by atoms with E-state index in [4.69, 9.17) is 0 Å². The van der Waals surface area contributed by atoms with Crippen molar-refractivity contribution in [3.63, 3.8) is 0 Å². The zero-order valence-corrected chi connectivity index (χ0v) is 22.8. The van der Waals surface area contributed by atoms with Gasteiger partial charge in [0.2, 0.25) is 0 Å². The van der Waals surface area contributed by atoms with Gasteiger partial charge in [-0.05, 0) is 32.9 Å². The molecule has 2 nitrogen and oxygen atoms in total. The van der Waals surface area contributed by atoms with Gasteiger partial charge in [-0.15, -0.1) is 0 Å². The molecule has 182 valence electrons. The molecule has 0 saturated carbocycles. The molecule has 38 heavy (non-hydrogen) atoms. The Morgan fingerprint density at radius 1 is 0.342 bits per heavy atom. The van der Waals surface area contributed by atoms with Crippen molar-refractivity contribution in [2.24, 2.45) is 0 Å². The molecule has 0 saturated heterocycles. The molecule has 0 fully saturated rings. The fourth-order valence-electron chi connectivity index (χ4n) is 4.36. The van der Waals surface area contributed by atoms with Crippen LogP contribution in [-0.2, 0) is 0 Å². The molecule has 0 unspecified atom stereocenters. The average Bonchev–Trinajstić information content (AvgIpc) is 3.01. The van der Waals surface area contributed by atoms with Crippen LogP contribution in [0.1, 0.15) is 11.1 Å². The van der Waals surface area contributed by atoms with Crippen molar-refractivity contribution in [2.75, 3.05) is 0 Å². The van der Waals surface area contributed by atoms with Gasteiger partial charge in [-0.2, -0.15) is 0 Å². The Bertz CT molecular complexity index is 1430. The molecule has 0 amide bonds. The van der Waals surface area contributed by atoms with E-state index in [1.807, 2.05) is 146 Å². The van der Waals surface area contributed by atoms with Crippen LogP contribution in [-0.4, -0.2) is 26.2 Å². The summed E-state index contributed by atoms with van der Waals surface area (Å²) in [5.41, 5.74) is 7.98. The van der Waals surface area contributed by atoms with Crippen LogP contribution < -0.4 is 20.7 Å². The van der Waals surface area contributed by atoms with Crippen LogP contribution in [0.5, 0.6) is 0 Å². The molecule has 0 aliphatic heterocycles. The van der Waals surface area contributed by atoms with E-state index >= 15 is 0 Å². The normalized spacial score (nSPS) is 11.0. The zero-order valence-electron chi connectivity index (χ0n) is 20.8. The number of rotatable bonds is 4. The molecule has 5 aromatic carbocycles. The second kappa shape index (κ2) is 11.3. The van der Waals surface area contributed by atoms with E-state index in [1.165, 1.54) is 0 Å². The van der Waals surface area contributed by atoms with Crippen molar-refractivity contribution in [1.29, 1.82) is 0 Å². The molecule has 0 aliphatic carbocycles. The molecule has 0 aromatic heterocycles. The summed E-state index contributed by atoms with van der Waals surface area (Å²) in [7, 11) is -6.64. The first-order chi connectivity index (χ1) is 18.6. The topological polar surface area (TPSA) is 40.5 Å². The van der Waals surface area contributed by atoms with E-state index < -0.39 is 16.6 Å². The lowest BCUT2D eigenvalue weighted by Gasteiger charge is -2.20. The predicted molar refractivity (Wildman–Crippen MR) is 160 cm³/mol. The Morgan fingerprint density at radius 3 is 0.842 bits per heavy atom. The monoisotopic (exact) mass is 522 g/mol. The highest BCUT2D eigenvalue weighted by molar-refractivity contribution is 7.03. The summed E-state index contributed by atoms with van der Waals surface area (Å²) in [5.74, 6) is 6.52. The van der Waals surface area contributed by atoms with Crippen molar-refractivity contribution in [1.82, 2.24) is 0 Å². The van der Waals surface area contributed by atoms with Crippen molar-refractivity contribution in [3.05, 3.63) is 157 Å². The van der Waals surface area contributed by atoms with Crippen LogP contribution in [0.15, 0.2) is 146 Å². The number of hydrogen-bond donors (Lipinski definition) is 2. The summed E-state index contributed by atoms with van der Waals surface area (Å²) in [6.07, 6.45) is 0. The first-order valence-corrected chi connectivity index (χ1v) is 16.3. The van der Waals surface area contributed by atoms with Crippen LogP contribution in [0, 0.1) is 22.9 Å². The molecule has 4 heteroatoms. The summed E-state index contributed by atoms with van der Waals surface area (Å²) in [6.45, 7) is 0. The van der Waals surface area contributed by atoms with Gasteiger partial charge in [0, 0.05) is 11.1 Å². The van der Waals surface area contributed by atoms with Gasteiger partial charge >= 0.3 is 16.6 Å². The standard InChI is InChI=1S/C34H26O2Si2/c35-37(31-17-5-1-6-18-31,32-19-7-2-8-20-32)27-25-29-15-13-14-16-30(29)26-28-38(36,33-21-9-3-10-22-33)34-23-11-4-12-24-34/h1-24,35-36H. The molecule has 0 spiro atoms. The van der Waals surface area contributed by atoms with Crippen molar-refractivity contribution in [3.8, 4) is 22.9 Å². The smallest absolute Gasteiger partial charge is 0.335 e. The van der Waals surface area contributed by atoms with Gasteiger partial charge in [0.1, 0.15) is 0 Å². The molecular weight excluding hydrogens is 497 g/mol. The lowest BCUT2D eigenvalue weighted by atomic mass is 10.1. The van der Waals surface area contributed by atoms with Crippen LogP contribution in [0.25, 0.3) is 0 Å². The Hall–Kier alpha value is -4.43. The summed E-state index contributed by atoms with van der Waals surface area (Å²) in [5, 5.41) is 3.32. The van der Waals surface area contributed by atoms with Gasteiger partial charge < -0.3 is 9.59 Å². The minimum Gasteiger partial charge on any atom is -0.415 e. The fourth-order valence-corrected chi connectivity index (χ4v) is 8.93. The maximum atomic E-state index is 12.0. The molecule has 0 aliphatic rings. The third kappa shape index (κ3) is 5.31. The molecule has 0 heterocycles. The first kappa shape index (κ1) is 25.2. The SMILES string of the molecule is O[Si](C#Cc1ccccc1C#C[Si](O)(c1ccccc1)c1ccccc1)(c1ccccc1)c1ccccc1. The van der Waals surface area contributed by atoms with Crippen molar-refractivity contribution in [2.45, 2.75) is 0 Å². The highest BCUT2D eigenvalue weighted by Crippen LogP contribution is 2.09. The van der Waals surface area contributed by atoms with Crippen LogP contribution >= 0.6 is 0 Å². The van der Waals surface area contributed by atoms with Crippen LogP contribution in [0.3, 0.4) is 0 Å². The molecule has 0 atom stereocenters. The zero-order chi connectivity index (χ0) is 26.3. The average molecular weight is 523 g/mol. The molecule has 5 rings (SSSR count). The van der Waals surface area contributed by atoms with Gasteiger partial charge in [-0.3, -0.25) is 0 Å². The minimum atomic E-state index is -3.32. The van der Waals surface area contributed by atoms with Crippen molar-refractivity contribution < 1.29 is 9.59 Å². The molecular formula is C34H26O2Si2. The largest absolute Gasteiger partial charge is 0.415 e. The Morgan fingerprint density at radius 2 is 0.579 bits per heavy atom. The van der Waals surface area contributed by atoms with E-state index in [0.717, 1.165) is 31.9 Å². The summed E-state index contributed by atoms with van der Waals surface area (Å²) >= 11 is 0.